The molecule has 3 aromatic rings. The van der Waals surface area contributed by atoms with Crippen molar-refractivity contribution in [1.82, 2.24) is 0 Å². The number of hydrogen-bond acceptors (Lipinski definition) is 6. The van der Waals surface area contributed by atoms with Crippen molar-refractivity contribution in [3.05, 3.63) is 93.3 Å². The van der Waals surface area contributed by atoms with E-state index < -0.39 is 20.8 Å². The fraction of sp³-hybridized carbons (Fsp3) is 0.0952. The van der Waals surface area contributed by atoms with E-state index in [9.17, 15) is 22.9 Å². The summed E-state index contributed by atoms with van der Waals surface area (Å²) in [5.41, 5.74) is 4.86. The molecule has 3 aromatic carbocycles. The molecule has 2 N–H and O–H groups in total. The summed E-state index contributed by atoms with van der Waals surface area (Å²) in [6, 6.07) is 14.1. The summed E-state index contributed by atoms with van der Waals surface area (Å²) in [5, 5.41) is 15.1. The summed E-state index contributed by atoms with van der Waals surface area (Å²) in [6.07, 6.45) is 1.37. The summed E-state index contributed by atoms with van der Waals surface area (Å²) >= 11 is 0. The zero-order valence-electron chi connectivity index (χ0n) is 16.7. The molecule has 0 aromatic heterocycles. The van der Waals surface area contributed by atoms with E-state index in [-0.39, 0.29) is 16.3 Å². The summed E-state index contributed by atoms with van der Waals surface area (Å²) in [5.74, 6) is -0.397. The lowest BCUT2D eigenvalue weighted by Gasteiger charge is -2.14. The largest absolute Gasteiger partial charge is 0.279 e. The van der Waals surface area contributed by atoms with E-state index in [1.807, 2.05) is 13.0 Å². The molecule has 0 aliphatic carbocycles. The first-order chi connectivity index (χ1) is 14.7. The molecule has 0 heterocycles. The van der Waals surface area contributed by atoms with Crippen LogP contribution in [-0.4, -0.2) is 19.6 Å². The van der Waals surface area contributed by atoms with Crippen molar-refractivity contribution >= 4 is 33.3 Å². The number of halogens is 1. The van der Waals surface area contributed by atoms with E-state index in [2.05, 4.69) is 15.2 Å². The highest BCUT2D eigenvalue weighted by molar-refractivity contribution is 7.92. The molecule has 0 bridgehead atoms. The van der Waals surface area contributed by atoms with E-state index in [0.717, 1.165) is 11.6 Å². The number of anilines is 2. The second kappa shape index (κ2) is 8.92. The van der Waals surface area contributed by atoms with Crippen LogP contribution in [0.4, 0.5) is 21.5 Å². The Labute approximate surface area is 178 Å². The Hall–Kier alpha value is -3.79. The van der Waals surface area contributed by atoms with Crippen molar-refractivity contribution in [3.8, 4) is 0 Å². The van der Waals surface area contributed by atoms with E-state index >= 15 is 0 Å². The van der Waals surface area contributed by atoms with Crippen LogP contribution in [0.5, 0.6) is 0 Å². The van der Waals surface area contributed by atoms with E-state index in [1.165, 1.54) is 42.6 Å². The van der Waals surface area contributed by atoms with Crippen LogP contribution in [0.3, 0.4) is 0 Å². The Kier molecular flexibility index (Phi) is 6.30. The van der Waals surface area contributed by atoms with Crippen molar-refractivity contribution in [3.63, 3.8) is 0 Å². The predicted octanol–water partition coefficient (Wildman–Crippen LogP) is 4.60. The minimum atomic E-state index is -4.18. The van der Waals surface area contributed by atoms with Crippen molar-refractivity contribution in [2.75, 3.05) is 10.1 Å². The van der Waals surface area contributed by atoms with Crippen molar-refractivity contribution in [2.45, 2.75) is 18.7 Å². The summed E-state index contributed by atoms with van der Waals surface area (Å²) in [7, 11) is -4.18. The fourth-order valence-electron chi connectivity index (χ4n) is 2.79. The van der Waals surface area contributed by atoms with Gasteiger partial charge >= 0.3 is 0 Å². The molecular weight excluding hydrogens is 423 g/mol. The zero-order valence-corrected chi connectivity index (χ0v) is 17.5. The number of hydrazone groups is 1. The van der Waals surface area contributed by atoms with Gasteiger partial charge in [0.1, 0.15) is 10.7 Å². The van der Waals surface area contributed by atoms with Crippen molar-refractivity contribution in [2.24, 2.45) is 5.10 Å². The van der Waals surface area contributed by atoms with Crippen molar-refractivity contribution < 1.29 is 17.7 Å². The maximum atomic E-state index is 13.0. The quantitative estimate of drug-likeness (QED) is 0.315. The van der Waals surface area contributed by atoms with Gasteiger partial charge in [-0.3, -0.25) is 20.3 Å². The lowest BCUT2D eigenvalue weighted by atomic mass is 10.1. The van der Waals surface area contributed by atoms with Gasteiger partial charge in [0.2, 0.25) is 0 Å². The van der Waals surface area contributed by atoms with E-state index in [0.29, 0.717) is 16.8 Å². The van der Waals surface area contributed by atoms with Gasteiger partial charge in [0.05, 0.1) is 22.5 Å². The number of aryl methyl sites for hydroxylation is 2. The summed E-state index contributed by atoms with van der Waals surface area (Å²) < 4.78 is 41.5. The van der Waals surface area contributed by atoms with Gasteiger partial charge in [-0.15, -0.1) is 0 Å². The first-order valence-electron chi connectivity index (χ1n) is 9.09. The average Bonchev–Trinajstić information content (AvgIpc) is 2.71. The smallest absolute Gasteiger partial charge is 0.270 e. The molecule has 31 heavy (non-hydrogen) atoms. The highest BCUT2D eigenvalue weighted by Gasteiger charge is 2.23. The molecule has 0 fully saturated rings. The maximum absolute atomic E-state index is 13.0. The number of hydrogen-bond donors (Lipinski definition) is 2. The number of nitrogens with one attached hydrogen (secondary N) is 2. The van der Waals surface area contributed by atoms with Crippen LogP contribution in [-0.2, 0) is 10.0 Å². The molecule has 0 saturated heterocycles. The van der Waals surface area contributed by atoms with Crippen LogP contribution >= 0.6 is 0 Å². The standard InChI is InChI=1S/C21H19FN4O4S/c1-14-3-9-19(15(2)11-14)25-31(29,30)21-12-18(26(27)28)8-10-20(21)24-23-13-16-4-6-17(22)7-5-16/h3-13,24-25H,1-2H3/b23-13-. The maximum Gasteiger partial charge on any atom is 0.270 e. The second-order valence-electron chi connectivity index (χ2n) is 6.78. The van der Waals surface area contributed by atoms with Crippen LogP contribution in [0.15, 0.2) is 70.7 Å². The molecule has 0 unspecified atom stereocenters. The van der Waals surface area contributed by atoms with Gasteiger partial charge in [-0.2, -0.15) is 5.10 Å². The molecule has 0 saturated carbocycles. The van der Waals surface area contributed by atoms with Gasteiger partial charge < -0.3 is 0 Å². The minimum Gasteiger partial charge on any atom is -0.279 e. The zero-order chi connectivity index (χ0) is 22.6. The van der Waals surface area contributed by atoms with Crippen LogP contribution in [0.25, 0.3) is 0 Å². The third kappa shape index (κ3) is 5.43. The van der Waals surface area contributed by atoms with Gasteiger partial charge in [0, 0.05) is 12.1 Å². The van der Waals surface area contributed by atoms with Crippen molar-refractivity contribution in [1.29, 1.82) is 0 Å². The third-order valence-corrected chi connectivity index (χ3v) is 5.77. The van der Waals surface area contributed by atoms with Crippen LogP contribution < -0.4 is 10.1 Å². The molecule has 8 nitrogen and oxygen atoms in total. The van der Waals surface area contributed by atoms with Gasteiger partial charge in [0.25, 0.3) is 15.7 Å². The van der Waals surface area contributed by atoms with Crippen LogP contribution in [0.2, 0.25) is 0 Å². The molecule has 0 aliphatic heterocycles. The molecule has 0 aliphatic rings. The number of sulfonamides is 1. The molecule has 3 rings (SSSR count). The monoisotopic (exact) mass is 442 g/mol. The Balaban J connectivity index is 1.95. The summed E-state index contributed by atoms with van der Waals surface area (Å²) in [6.45, 7) is 3.64. The highest BCUT2D eigenvalue weighted by Crippen LogP contribution is 2.29. The number of benzene rings is 3. The Morgan fingerprint density at radius 2 is 1.68 bits per heavy atom. The Morgan fingerprint density at radius 3 is 2.32 bits per heavy atom. The molecule has 10 heteroatoms. The molecule has 0 amide bonds. The lowest BCUT2D eigenvalue weighted by Crippen LogP contribution is -2.16. The first kappa shape index (κ1) is 21.9. The Bertz CT molecular complexity index is 1260. The van der Waals surface area contributed by atoms with Crippen LogP contribution in [0.1, 0.15) is 16.7 Å². The lowest BCUT2D eigenvalue weighted by molar-refractivity contribution is -0.385. The van der Waals surface area contributed by atoms with E-state index in [4.69, 9.17) is 0 Å². The number of rotatable bonds is 7. The fourth-order valence-corrected chi connectivity index (χ4v) is 4.10. The SMILES string of the molecule is Cc1ccc(NS(=O)(=O)c2cc([N+](=O)[O-])ccc2N/N=C\c2ccc(F)cc2)c(C)c1. The average molecular weight is 442 g/mol. The highest BCUT2D eigenvalue weighted by atomic mass is 32.2. The number of nitrogens with zero attached hydrogens (tertiary/aromatic N) is 2. The number of nitro benzene ring substituents is 1. The molecule has 0 atom stereocenters. The molecule has 160 valence electrons. The van der Waals surface area contributed by atoms with Gasteiger partial charge in [0.15, 0.2) is 0 Å². The number of nitro groups is 1. The van der Waals surface area contributed by atoms with Crippen LogP contribution in [0, 0.1) is 29.8 Å². The molecular formula is C21H19FN4O4S. The molecule has 0 radical (unpaired) electrons. The topological polar surface area (TPSA) is 114 Å². The normalized spacial score (nSPS) is 11.5. The van der Waals surface area contributed by atoms with Gasteiger partial charge in [-0.05, 0) is 49.2 Å². The number of non-ortho nitro benzene ring substituents is 1. The second-order valence-corrected chi connectivity index (χ2v) is 8.43. The van der Waals surface area contributed by atoms with Gasteiger partial charge in [-0.25, -0.2) is 12.8 Å². The third-order valence-electron chi connectivity index (χ3n) is 4.36. The minimum absolute atomic E-state index is 0.0428. The predicted molar refractivity (Wildman–Crippen MR) is 117 cm³/mol. The summed E-state index contributed by atoms with van der Waals surface area (Å²) in [4.78, 5) is 10.2. The van der Waals surface area contributed by atoms with Gasteiger partial charge in [-0.1, -0.05) is 29.8 Å². The van der Waals surface area contributed by atoms with E-state index in [1.54, 1.807) is 19.1 Å². The molecule has 0 spiro atoms. The first-order valence-corrected chi connectivity index (χ1v) is 10.6. The Morgan fingerprint density at radius 1 is 1.00 bits per heavy atom.